The summed E-state index contributed by atoms with van der Waals surface area (Å²) in [6, 6.07) is 0. The van der Waals surface area contributed by atoms with E-state index in [-0.39, 0.29) is 12.3 Å². The maximum absolute atomic E-state index is 10.4. The number of carbonyl (C=O) groups is 1. The summed E-state index contributed by atoms with van der Waals surface area (Å²) < 4.78 is 5.05. The molecule has 4 nitrogen and oxygen atoms in total. The van der Waals surface area contributed by atoms with Gasteiger partial charge in [-0.1, -0.05) is 13.8 Å². The Bertz CT molecular complexity index is 324. The summed E-state index contributed by atoms with van der Waals surface area (Å²) in [5.41, 5.74) is 0.654. The topological polar surface area (TPSA) is 52.1 Å². The van der Waals surface area contributed by atoms with Crippen LogP contribution in [0.2, 0.25) is 0 Å². The molecule has 0 aromatic carbocycles. The van der Waals surface area contributed by atoms with Gasteiger partial charge in [0.2, 0.25) is 0 Å². The Kier molecular flexibility index (Phi) is 3.56. The standard InChI is InChI=1S/C10H14N2O2/c1-7(2)10-11-6-9(14-3)8(12-10)4-5-13/h5-7H,4H2,1-3H3. The third kappa shape index (κ3) is 2.28. The summed E-state index contributed by atoms with van der Waals surface area (Å²) in [5.74, 6) is 1.57. The number of aldehydes is 1. The number of carbonyl (C=O) groups excluding carboxylic acids is 1. The fourth-order valence-corrected chi connectivity index (χ4v) is 1.10. The minimum atomic E-state index is 0.256. The molecule has 1 aromatic heterocycles. The lowest BCUT2D eigenvalue weighted by Crippen LogP contribution is -2.04. The number of rotatable bonds is 4. The zero-order valence-electron chi connectivity index (χ0n) is 8.65. The summed E-state index contributed by atoms with van der Waals surface area (Å²) >= 11 is 0. The van der Waals surface area contributed by atoms with Gasteiger partial charge in [0.05, 0.1) is 19.0 Å². The van der Waals surface area contributed by atoms with Crippen molar-refractivity contribution in [1.29, 1.82) is 0 Å². The molecule has 4 heteroatoms. The molecule has 0 bridgehead atoms. The van der Waals surface area contributed by atoms with E-state index in [9.17, 15) is 4.79 Å². The average Bonchev–Trinajstić information content (AvgIpc) is 2.18. The molecule has 0 aliphatic carbocycles. The van der Waals surface area contributed by atoms with Crippen LogP contribution in [-0.2, 0) is 11.2 Å². The van der Waals surface area contributed by atoms with Gasteiger partial charge in [-0.15, -0.1) is 0 Å². The number of methoxy groups -OCH3 is 1. The molecule has 0 aliphatic heterocycles. The smallest absolute Gasteiger partial charge is 0.159 e. The van der Waals surface area contributed by atoms with Crippen LogP contribution in [-0.4, -0.2) is 23.4 Å². The molecule has 0 amide bonds. The molecular formula is C10H14N2O2. The Morgan fingerprint density at radius 3 is 2.79 bits per heavy atom. The van der Waals surface area contributed by atoms with Gasteiger partial charge < -0.3 is 9.53 Å². The molecule has 0 spiro atoms. The van der Waals surface area contributed by atoms with Crippen molar-refractivity contribution in [3.05, 3.63) is 17.7 Å². The number of hydrogen-bond donors (Lipinski definition) is 0. The number of hydrogen-bond acceptors (Lipinski definition) is 4. The van der Waals surface area contributed by atoms with Gasteiger partial charge in [0, 0.05) is 12.3 Å². The van der Waals surface area contributed by atoms with E-state index in [0.29, 0.717) is 11.4 Å². The normalized spacial score (nSPS) is 10.3. The molecule has 0 radical (unpaired) electrons. The van der Waals surface area contributed by atoms with E-state index < -0.39 is 0 Å². The second kappa shape index (κ2) is 4.69. The van der Waals surface area contributed by atoms with Gasteiger partial charge in [-0.3, -0.25) is 0 Å². The maximum Gasteiger partial charge on any atom is 0.159 e. The van der Waals surface area contributed by atoms with Gasteiger partial charge in [0.25, 0.3) is 0 Å². The lowest BCUT2D eigenvalue weighted by molar-refractivity contribution is -0.107. The van der Waals surface area contributed by atoms with Crippen molar-refractivity contribution >= 4 is 6.29 Å². The SMILES string of the molecule is COc1cnc(C(C)C)nc1CC=O. The summed E-state index contributed by atoms with van der Waals surface area (Å²) in [4.78, 5) is 18.8. The average molecular weight is 194 g/mol. The molecule has 0 N–H and O–H groups in total. The fraction of sp³-hybridized carbons (Fsp3) is 0.500. The van der Waals surface area contributed by atoms with Crippen LogP contribution in [0.3, 0.4) is 0 Å². The molecule has 0 aliphatic rings. The Labute approximate surface area is 83.3 Å². The Hall–Kier alpha value is -1.45. The first-order chi connectivity index (χ1) is 6.69. The zero-order chi connectivity index (χ0) is 10.6. The van der Waals surface area contributed by atoms with Crippen molar-refractivity contribution in [3.8, 4) is 5.75 Å². The van der Waals surface area contributed by atoms with Gasteiger partial charge in [-0.25, -0.2) is 9.97 Å². The van der Waals surface area contributed by atoms with Gasteiger partial charge >= 0.3 is 0 Å². The number of nitrogens with zero attached hydrogens (tertiary/aromatic N) is 2. The third-order valence-corrected chi connectivity index (χ3v) is 1.86. The second-order valence-corrected chi connectivity index (χ2v) is 3.27. The van der Waals surface area contributed by atoms with Crippen LogP contribution in [0.15, 0.2) is 6.20 Å². The predicted molar refractivity (Wildman–Crippen MR) is 52.4 cm³/mol. The van der Waals surface area contributed by atoms with Gasteiger partial charge in [0.15, 0.2) is 5.75 Å². The number of aromatic nitrogens is 2. The van der Waals surface area contributed by atoms with E-state index in [1.165, 1.54) is 0 Å². The van der Waals surface area contributed by atoms with E-state index in [0.717, 1.165) is 12.1 Å². The highest BCUT2D eigenvalue weighted by Gasteiger charge is 2.09. The van der Waals surface area contributed by atoms with Gasteiger partial charge in [0.1, 0.15) is 12.1 Å². The molecule has 0 saturated carbocycles. The van der Waals surface area contributed by atoms with Crippen LogP contribution in [0.1, 0.15) is 31.3 Å². The highest BCUT2D eigenvalue weighted by molar-refractivity contribution is 5.55. The van der Waals surface area contributed by atoms with Crippen LogP contribution >= 0.6 is 0 Å². The van der Waals surface area contributed by atoms with Crippen molar-refractivity contribution < 1.29 is 9.53 Å². The van der Waals surface area contributed by atoms with Gasteiger partial charge in [-0.2, -0.15) is 0 Å². The summed E-state index contributed by atoms with van der Waals surface area (Å²) in [6.07, 6.45) is 2.70. The molecular weight excluding hydrogens is 180 g/mol. The Morgan fingerprint density at radius 1 is 1.57 bits per heavy atom. The van der Waals surface area contributed by atoms with Crippen molar-refractivity contribution in [1.82, 2.24) is 9.97 Å². The van der Waals surface area contributed by atoms with E-state index in [1.54, 1.807) is 13.3 Å². The van der Waals surface area contributed by atoms with Crippen LogP contribution in [0, 0.1) is 0 Å². The van der Waals surface area contributed by atoms with Crippen LogP contribution < -0.4 is 4.74 Å². The van der Waals surface area contributed by atoms with Crippen molar-refractivity contribution in [2.45, 2.75) is 26.2 Å². The largest absolute Gasteiger partial charge is 0.493 e. The first-order valence-electron chi connectivity index (χ1n) is 4.52. The quantitative estimate of drug-likeness (QED) is 0.679. The molecule has 76 valence electrons. The highest BCUT2D eigenvalue weighted by atomic mass is 16.5. The lowest BCUT2D eigenvalue weighted by atomic mass is 10.2. The van der Waals surface area contributed by atoms with Crippen LogP contribution in [0.25, 0.3) is 0 Å². The monoisotopic (exact) mass is 194 g/mol. The molecule has 0 atom stereocenters. The Balaban J connectivity index is 3.06. The van der Waals surface area contributed by atoms with E-state index in [2.05, 4.69) is 9.97 Å². The molecule has 1 aromatic rings. The third-order valence-electron chi connectivity index (χ3n) is 1.86. The first kappa shape index (κ1) is 10.6. The molecule has 0 unspecified atom stereocenters. The van der Waals surface area contributed by atoms with E-state index in [4.69, 9.17) is 4.74 Å². The molecule has 14 heavy (non-hydrogen) atoms. The minimum Gasteiger partial charge on any atom is -0.493 e. The highest BCUT2D eigenvalue weighted by Crippen LogP contribution is 2.17. The minimum absolute atomic E-state index is 0.256. The molecule has 1 heterocycles. The molecule has 0 saturated heterocycles. The fourth-order valence-electron chi connectivity index (χ4n) is 1.10. The maximum atomic E-state index is 10.4. The van der Waals surface area contributed by atoms with Gasteiger partial charge in [-0.05, 0) is 0 Å². The number of ether oxygens (including phenoxy) is 1. The first-order valence-corrected chi connectivity index (χ1v) is 4.52. The van der Waals surface area contributed by atoms with E-state index >= 15 is 0 Å². The lowest BCUT2D eigenvalue weighted by Gasteiger charge is -2.08. The molecule has 0 fully saturated rings. The summed E-state index contributed by atoms with van der Waals surface area (Å²) in [7, 11) is 1.54. The summed E-state index contributed by atoms with van der Waals surface area (Å²) in [5, 5.41) is 0. The molecule has 1 rings (SSSR count). The van der Waals surface area contributed by atoms with Crippen LogP contribution in [0.4, 0.5) is 0 Å². The summed E-state index contributed by atoms with van der Waals surface area (Å²) in [6.45, 7) is 4.01. The predicted octanol–water partition coefficient (Wildman–Crippen LogP) is 1.35. The Morgan fingerprint density at radius 2 is 2.29 bits per heavy atom. The zero-order valence-corrected chi connectivity index (χ0v) is 8.65. The van der Waals surface area contributed by atoms with E-state index in [1.807, 2.05) is 13.8 Å². The second-order valence-electron chi connectivity index (χ2n) is 3.27. The van der Waals surface area contributed by atoms with Crippen molar-refractivity contribution in [2.24, 2.45) is 0 Å². The van der Waals surface area contributed by atoms with Crippen molar-refractivity contribution in [2.75, 3.05) is 7.11 Å². The van der Waals surface area contributed by atoms with Crippen LogP contribution in [0.5, 0.6) is 5.75 Å². The van der Waals surface area contributed by atoms with Crippen molar-refractivity contribution in [3.63, 3.8) is 0 Å².